The van der Waals surface area contributed by atoms with Gasteiger partial charge in [0.05, 0.1) is 19.4 Å². The Morgan fingerprint density at radius 2 is 1.74 bits per heavy atom. The predicted octanol–water partition coefficient (Wildman–Crippen LogP) is 7.65. The molecule has 0 aliphatic rings. The number of terminal acetylenes is 1. The van der Waals surface area contributed by atoms with Crippen LogP contribution in [-0.4, -0.2) is 27.3 Å². The fraction of sp³-hybridized carbons (Fsp3) is 0.414. The summed E-state index contributed by atoms with van der Waals surface area (Å²) in [6.45, 7) is 16.8. The monoisotopic (exact) mass is 464 g/mol. The van der Waals surface area contributed by atoms with Crippen molar-refractivity contribution in [2.75, 3.05) is 7.11 Å². The van der Waals surface area contributed by atoms with Gasteiger partial charge in [0.1, 0.15) is 0 Å². The molecule has 2 rings (SSSR count). The Kier molecular flexibility index (Phi) is 22.0. The van der Waals surface area contributed by atoms with E-state index in [2.05, 4.69) is 60.4 Å². The van der Waals surface area contributed by atoms with Crippen LogP contribution in [0.2, 0.25) is 0 Å². The summed E-state index contributed by atoms with van der Waals surface area (Å²) >= 11 is 0. The first kappa shape index (κ1) is 32.8. The summed E-state index contributed by atoms with van der Waals surface area (Å²) in [4.78, 5) is 0. The number of ether oxygens (including phenoxy) is 1. The lowest BCUT2D eigenvalue weighted by molar-refractivity contribution is 0.293. The Morgan fingerprint density at radius 1 is 1.06 bits per heavy atom. The average molecular weight is 465 g/mol. The number of hydrogen-bond acceptors (Lipinski definition) is 4. The number of hydrogen-bond donors (Lipinski definition) is 0. The molecule has 0 spiro atoms. The Labute approximate surface area is 208 Å². The van der Waals surface area contributed by atoms with Crippen LogP contribution in [0.15, 0.2) is 66.5 Å². The summed E-state index contributed by atoms with van der Waals surface area (Å²) in [5, 5.41) is 11.9. The Morgan fingerprint density at radius 3 is 2.18 bits per heavy atom. The molecule has 0 amide bonds. The van der Waals surface area contributed by atoms with E-state index in [1.807, 2.05) is 77.1 Å². The van der Waals surface area contributed by atoms with Crippen molar-refractivity contribution in [3.63, 3.8) is 0 Å². The van der Waals surface area contributed by atoms with Crippen molar-refractivity contribution < 1.29 is 4.74 Å². The third-order valence-corrected chi connectivity index (χ3v) is 4.59. The molecule has 34 heavy (non-hydrogen) atoms. The zero-order valence-electron chi connectivity index (χ0n) is 22.7. The standard InChI is InChI=1S/C15H16N4.C5H10O.C5H10.C4H8/c1-4-5-6-7-11-19-15(16-17-18-19)14-10-8-9-12(2)13(14)3;1-4-5(2)6-3;1-3-5-4-2;1-3-4-2/h1,6-10H,5,11H2,2-3H3;4H,1-3H3;3,5H,4H2,1-2H3;3-4H,1-2H3/b7-6+;5-4+;5-3+;4-3-. The first-order valence-electron chi connectivity index (χ1n) is 11.6. The van der Waals surface area contributed by atoms with Gasteiger partial charge in [-0.25, -0.2) is 4.68 Å². The zero-order valence-corrected chi connectivity index (χ0v) is 22.7. The van der Waals surface area contributed by atoms with E-state index in [0.29, 0.717) is 13.0 Å². The van der Waals surface area contributed by atoms with Gasteiger partial charge in [-0.3, -0.25) is 0 Å². The van der Waals surface area contributed by atoms with Gasteiger partial charge >= 0.3 is 0 Å². The second kappa shape index (κ2) is 22.8. The molecule has 0 N–H and O–H groups in total. The second-order valence-corrected chi connectivity index (χ2v) is 7.06. The quantitative estimate of drug-likeness (QED) is 0.250. The van der Waals surface area contributed by atoms with E-state index >= 15 is 0 Å². The molecule has 0 unspecified atom stereocenters. The van der Waals surface area contributed by atoms with Gasteiger partial charge in [-0.2, -0.15) is 0 Å². The minimum Gasteiger partial charge on any atom is -0.502 e. The van der Waals surface area contributed by atoms with Crippen LogP contribution in [0.3, 0.4) is 0 Å². The molecule has 0 radical (unpaired) electrons. The minimum absolute atomic E-state index is 0.622. The van der Waals surface area contributed by atoms with Crippen LogP contribution in [0.25, 0.3) is 11.4 Å². The van der Waals surface area contributed by atoms with E-state index in [0.717, 1.165) is 23.6 Å². The summed E-state index contributed by atoms with van der Waals surface area (Å²) in [7, 11) is 1.66. The highest BCUT2D eigenvalue weighted by atomic mass is 16.5. The van der Waals surface area contributed by atoms with Crippen molar-refractivity contribution in [3.8, 4) is 23.7 Å². The lowest BCUT2D eigenvalue weighted by Crippen LogP contribution is -2.02. The van der Waals surface area contributed by atoms with Crippen LogP contribution >= 0.6 is 0 Å². The van der Waals surface area contributed by atoms with Gasteiger partial charge in [-0.05, 0) is 76.4 Å². The maximum absolute atomic E-state index is 5.20. The normalized spacial score (nSPS) is 10.6. The fourth-order valence-electron chi connectivity index (χ4n) is 2.19. The SMILES string of the molecule is C#CC/C=C/Cn1nnnc1-c1cccc(C)c1C.C/C=C(\C)OC.C/C=C/CC.C/C=C\C. The van der Waals surface area contributed by atoms with Gasteiger partial charge in [-0.15, -0.1) is 17.4 Å². The molecule has 0 atom stereocenters. The van der Waals surface area contributed by atoms with Gasteiger partial charge in [0.15, 0.2) is 5.82 Å². The number of methoxy groups -OCH3 is 1. The van der Waals surface area contributed by atoms with Crippen molar-refractivity contribution in [3.05, 3.63) is 77.6 Å². The number of tetrazole rings is 1. The summed E-state index contributed by atoms with van der Waals surface area (Å²) in [5.74, 6) is 4.31. The molecule has 2 aromatic rings. The van der Waals surface area contributed by atoms with Gasteiger partial charge in [0.25, 0.3) is 0 Å². The fourth-order valence-corrected chi connectivity index (χ4v) is 2.19. The molecule has 0 saturated heterocycles. The zero-order chi connectivity index (χ0) is 26.2. The summed E-state index contributed by atoms with van der Waals surface area (Å²) in [5.41, 5.74) is 3.50. The van der Waals surface area contributed by atoms with Crippen molar-refractivity contribution >= 4 is 0 Å². The molecule has 0 saturated carbocycles. The molecule has 1 heterocycles. The van der Waals surface area contributed by atoms with Crippen LogP contribution in [0.4, 0.5) is 0 Å². The van der Waals surface area contributed by atoms with E-state index in [4.69, 9.17) is 11.2 Å². The summed E-state index contributed by atoms with van der Waals surface area (Å²) in [6.07, 6.45) is 21.0. The molecule has 0 aliphatic carbocycles. The van der Waals surface area contributed by atoms with Gasteiger partial charge < -0.3 is 4.74 Å². The molecule has 1 aromatic carbocycles. The molecular formula is C29H44N4O. The molecule has 5 heteroatoms. The minimum atomic E-state index is 0.622. The molecule has 0 bridgehead atoms. The molecule has 0 aliphatic heterocycles. The van der Waals surface area contributed by atoms with Crippen LogP contribution < -0.4 is 0 Å². The van der Waals surface area contributed by atoms with Gasteiger partial charge in [-0.1, -0.05) is 67.7 Å². The number of allylic oxidation sites excluding steroid dienone is 8. The molecule has 0 fully saturated rings. The Balaban J connectivity index is 0. The smallest absolute Gasteiger partial charge is 0.182 e. The lowest BCUT2D eigenvalue weighted by Gasteiger charge is -2.07. The van der Waals surface area contributed by atoms with E-state index in [9.17, 15) is 0 Å². The van der Waals surface area contributed by atoms with E-state index in [-0.39, 0.29) is 0 Å². The topological polar surface area (TPSA) is 52.8 Å². The summed E-state index contributed by atoms with van der Waals surface area (Å²) < 4.78 is 6.53. The number of nitrogens with zero attached hydrogens (tertiary/aromatic N) is 4. The Hall–Kier alpha value is -3.39. The van der Waals surface area contributed by atoms with Crippen molar-refractivity contribution in [1.82, 2.24) is 20.2 Å². The van der Waals surface area contributed by atoms with Crippen molar-refractivity contribution in [2.24, 2.45) is 0 Å². The Bertz CT molecular complexity index is 924. The number of rotatable bonds is 6. The molecule has 5 nitrogen and oxygen atoms in total. The third kappa shape index (κ3) is 15.4. The number of aryl methyl sites for hydroxylation is 1. The molecule has 186 valence electrons. The van der Waals surface area contributed by atoms with E-state index in [1.165, 1.54) is 11.1 Å². The maximum Gasteiger partial charge on any atom is 0.182 e. The van der Waals surface area contributed by atoms with Crippen molar-refractivity contribution in [2.45, 2.75) is 74.8 Å². The lowest BCUT2D eigenvalue weighted by atomic mass is 10.0. The average Bonchev–Trinajstić information content (AvgIpc) is 3.32. The molecule has 1 aromatic heterocycles. The first-order chi connectivity index (χ1) is 16.4. The first-order valence-corrected chi connectivity index (χ1v) is 11.6. The highest BCUT2D eigenvalue weighted by molar-refractivity contribution is 5.61. The predicted molar refractivity (Wildman–Crippen MR) is 147 cm³/mol. The van der Waals surface area contributed by atoms with Gasteiger partial charge in [0.2, 0.25) is 0 Å². The number of benzene rings is 1. The van der Waals surface area contributed by atoms with Crippen LogP contribution in [0, 0.1) is 26.2 Å². The van der Waals surface area contributed by atoms with E-state index in [1.54, 1.807) is 11.8 Å². The highest BCUT2D eigenvalue weighted by Crippen LogP contribution is 2.22. The third-order valence-electron chi connectivity index (χ3n) is 4.59. The number of aromatic nitrogens is 4. The summed E-state index contributed by atoms with van der Waals surface area (Å²) in [6, 6.07) is 6.14. The maximum atomic E-state index is 5.20. The van der Waals surface area contributed by atoms with Gasteiger partial charge in [0, 0.05) is 12.0 Å². The van der Waals surface area contributed by atoms with Crippen LogP contribution in [0.5, 0.6) is 0 Å². The van der Waals surface area contributed by atoms with Crippen LogP contribution in [-0.2, 0) is 11.3 Å². The van der Waals surface area contributed by atoms with E-state index < -0.39 is 0 Å². The van der Waals surface area contributed by atoms with Crippen LogP contribution in [0.1, 0.15) is 65.5 Å². The largest absolute Gasteiger partial charge is 0.502 e. The molecular weight excluding hydrogens is 420 g/mol. The second-order valence-electron chi connectivity index (χ2n) is 7.06. The van der Waals surface area contributed by atoms with Crippen molar-refractivity contribution in [1.29, 1.82) is 0 Å². The highest BCUT2D eigenvalue weighted by Gasteiger charge is 2.11.